The van der Waals surface area contributed by atoms with Gasteiger partial charge >= 0.3 is 0 Å². The highest BCUT2D eigenvalue weighted by Gasteiger charge is 2.31. The molecule has 0 spiro atoms. The third-order valence-electron chi connectivity index (χ3n) is 7.51. The molecule has 0 radical (unpaired) electrons. The maximum absolute atomic E-state index is 12.3. The third-order valence-corrected chi connectivity index (χ3v) is 7.51. The van der Waals surface area contributed by atoms with Gasteiger partial charge in [-0.3, -0.25) is 9.69 Å². The quantitative estimate of drug-likeness (QED) is 0.439. The summed E-state index contributed by atoms with van der Waals surface area (Å²) in [7, 11) is 0. The van der Waals surface area contributed by atoms with Crippen LogP contribution in [0.15, 0.2) is 66.7 Å². The zero-order valence-corrected chi connectivity index (χ0v) is 21.6. The third kappa shape index (κ3) is 5.07. The number of allylic oxidation sites excluding steroid dienone is 1. The molecule has 3 atom stereocenters. The Bertz CT molecular complexity index is 1330. The average Bonchev–Trinajstić information content (AvgIpc) is 3.34. The summed E-state index contributed by atoms with van der Waals surface area (Å²) in [4.78, 5) is 14.8. The highest BCUT2D eigenvalue weighted by molar-refractivity contribution is 6.04. The molecule has 3 N–H and O–H groups in total. The highest BCUT2D eigenvalue weighted by Crippen LogP contribution is 2.48. The fourth-order valence-electron chi connectivity index (χ4n) is 5.38. The molecule has 3 unspecified atom stereocenters. The van der Waals surface area contributed by atoms with Crippen LogP contribution in [0.4, 0.5) is 0 Å². The summed E-state index contributed by atoms with van der Waals surface area (Å²) in [6, 6.07) is 20.7. The van der Waals surface area contributed by atoms with Crippen molar-refractivity contribution in [3.63, 3.8) is 0 Å². The number of nitrogens with two attached hydrogens (primary N) is 1. The van der Waals surface area contributed by atoms with Crippen LogP contribution in [0.25, 0.3) is 11.1 Å². The first kappa shape index (κ1) is 24.9. The lowest BCUT2D eigenvalue weighted by Gasteiger charge is -2.32. The molecule has 37 heavy (non-hydrogen) atoms. The van der Waals surface area contributed by atoms with Crippen molar-refractivity contribution in [2.24, 2.45) is 11.7 Å². The number of fused-ring (bicyclic) bond motifs is 1. The van der Waals surface area contributed by atoms with Gasteiger partial charge in [-0.05, 0) is 85.8 Å². The van der Waals surface area contributed by atoms with Gasteiger partial charge in [-0.15, -0.1) is 0 Å². The van der Waals surface area contributed by atoms with E-state index in [1.165, 1.54) is 6.42 Å². The fourth-order valence-corrected chi connectivity index (χ4v) is 5.38. The standard InChI is InChI=1S/C31H34N2O4/c1-19-14-15-33(17-19)20(2)18-36-24-11-8-22(9-12-24)30-29(25-6-4-5-7-26(25)31(32)35)21(3)27-16-23(34)10-13-28(27)37-30/h4-13,16,19-20,30,34H,14-15,17-18H2,1-3H3,(H2,32,35). The minimum absolute atomic E-state index is 0.154. The summed E-state index contributed by atoms with van der Waals surface area (Å²) >= 11 is 0. The molecule has 0 saturated carbocycles. The van der Waals surface area contributed by atoms with Crippen LogP contribution in [0.2, 0.25) is 0 Å². The van der Waals surface area contributed by atoms with E-state index in [-0.39, 0.29) is 5.75 Å². The molecule has 3 aromatic rings. The molecule has 6 heteroatoms. The summed E-state index contributed by atoms with van der Waals surface area (Å²) in [5, 5.41) is 10.1. The Morgan fingerprint density at radius 2 is 1.89 bits per heavy atom. The number of likely N-dealkylation sites (tertiary alicyclic amines) is 1. The first-order chi connectivity index (χ1) is 17.8. The number of rotatable bonds is 7. The summed E-state index contributed by atoms with van der Waals surface area (Å²) in [5.74, 6) is 1.89. The number of primary amides is 1. The van der Waals surface area contributed by atoms with Crippen molar-refractivity contribution in [2.75, 3.05) is 19.7 Å². The Morgan fingerprint density at radius 3 is 2.59 bits per heavy atom. The van der Waals surface area contributed by atoms with E-state index in [0.29, 0.717) is 24.0 Å². The van der Waals surface area contributed by atoms with Crippen LogP contribution in [0, 0.1) is 5.92 Å². The summed E-state index contributed by atoms with van der Waals surface area (Å²) in [5.41, 5.74) is 10.4. The Hall–Kier alpha value is -3.77. The molecular weight excluding hydrogens is 464 g/mol. The number of amides is 1. The number of nitrogens with zero attached hydrogens (tertiary/aromatic N) is 1. The smallest absolute Gasteiger partial charge is 0.249 e. The second kappa shape index (κ2) is 10.3. The average molecular weight is 499 g/mol. The molecule has 1 saturated heterocycles. The summed E-state index contributed by atoms with van der Waals surface area (Å²) in [6.07, 6.45) is 0.786. The molecule has 2 heterocycles. The monoisotopic (exact) mass is 498 g/mol. The number of phenolic OH excluding ortho intramolecular Hbond substituents is 1. The van der Waals surface area contributed by atoms with Crippen molar-refractivity contribution in [1.29, 1.82) is 0 Å². The van der Waals surface area contributed by atoms with Gasteiger partial charge in [0.05, 0.1) is 0 Å². The molecule has 6 nitrogen and oxygen atoms in total. The number of phenols is 1. The zero-order chi connectivity index (χ0) is 26.1. The van der Waals surface area contributed by atoms with Gasteiger partial charge in [-0.25, -0.2) is 0 Å². The summed E-state index contributed by atoms with van der Waals surface area (Å²) < 4.78 is 12.6. The maximum atomic E-state index is 12.3. The normalized spacial score (nSPS) is 20.3. The molecule has 3 aromatic carbocycles. The van der Waals surface area contributed by atoms with Crippen molar-refractivity contribution >= 4 is 17.1 Å². The minimum Gasteiger partial charge on any atom is -0.508 e. The van der Waals surface area contributed by atoms with E-state index in [0.717, 1.165) is 52.6 Å². The largest absolute Gasteiger partial charge is 0.508 e. The van der Waals surface area contributed by atoms with Crippen molar-refractivity contribution in [2.45, 2.75) is 39.3 Å². The van der Waals surface area contributed by atoms with Crippen LogP contribution in [0.3, 0.4) is 0 Å². The Labute approximate surface area is 218 Å². The second-order valence-corrected chi connectivity index (χ2v) is 10.2. The SMILES string of the molecule is CC1=C(c2ccccc2C(N)=O)C(c2ccc(OCC(C)N3CCC(C)C3)cc2)Oc2ccc(O)cc21. The van der Waals surface area contributed by atoms with Gasteiger partial charge in [-0.1, -0.05) is 37.3 Å². The molecule has 1 fully saturated rings. The first-order valence-electron chi connectivity index (χ1n) is 12.9. The molecule has 2 aliphatic heterocycles. The zero-order valence-electron chi connectivity index (χ0n) is 21.6. The number of carbonyl (C=O) groups excluding carboxylic acids is 1. The van der Waals surface area contributed by atoms with Crippen LogP contribution in [0.1, 0.15) is 60.3 Å². The van der Waals surface area contributed by atoms with Crippen LogP contribution >= 0.6 is 0 Å². The van der Waals surface area contributed by atoms with Crippen molar-refractivity contribution in [3.05, 3.63) is 89.0 Å². The van der Waals surface area contributed by atoms with Crippen LogP contribution < -0.4 is 15.2 Å². The topological polar surface area (TPSA) is 85.0 Å². The fraction of sp³-hybridized carbons (Fsp3) is 0.323. The van der Waals surface area contributed by atoms with E-state index in [4.69, 9.17) is 15.2 Å². The van der Waals surface area contributed by atoms with Gasteiger partial charge in [0.25, 0.3) is 0 Å². The van der Waals surface area contributed by atoms with E-state index in [2.05, 4.69) is 18.7 Å². The Morgan fingerprint density at radius 1 is 1.14 bits per heavy atom. The Kier molecular flexibility index (Phi) is 6.94. The van der Waals surface area contributed by atoms with Crippen LogP contribution in [-0.2, 0) is 0 Å². The molecule has 2 aliphatic rings. The number of hydrogen-bond acceptors (Lipinski definition) is 5. The minimum atomic E-state index is -0.499. The van der Waals surface area contributed by atoms with Crippen molar-refractivity contribution in [1.82, 2.24) is 4.90 Å². The lowest BCUT2D eigenvalue weighted by atomic mass is 9.84. The molecule has 192 valence electrons. The molecule has 5 rings (SSSR count). The van der Waals surface area contributed by atoms with Crippen molar-refractivity contribution in [3.8, 4) is 17.2 Å². The highest BCUT2D eigenvalue weighted by atomic mass is 16.5. The number of carbonyl (C=O) groups is 1. The molecule has 1 amide bonds. The second-order valence-electron chi connectivity index (χ2n) is 10.2. The number of aromatic hydroxyl groups is 1. The lowest BCUT2D eigenvalue weighted by molar-refractivity contribution is 0.1000. The van der Waals surface area contributed by atoms with Gasteiger partial charge in [0.1, 0.15) is 30.0 Å². The molecule has 0 aliphatic carbocycles. The van der Waals surface area contributed by atoms with E-state index in [1.54, 1.807) is 30.3 Å². The van der Waals surface area contributed by atoms with Crippen LogP contribution in [0.5, 0.6) is 17.2 Å². The predicted molar refractivity (Wildman–Crippen MR) is 146 cm³/mol. The molecule has 0 bridgehead atoms. The van der Waals surface area contributed by atoms with E-state index < -0.39 is 12.0 Å². The van der Waals surface area contributed by atoms with Crippen LogP contribution in [-0.4, -0.2) is 41.7 Å². The van der Waals surface area contributed by atoms with E-state index >= 15 is 0 Å². The molecular formula is C31H34N2O4. The van der Waals surface area contributed by atoms with E-state index in [1.807, 2.05) is 43.3 Å². The number of benzene rings is 3. The maximum Gasteiger partial charge on any atom is 0.249 e. The van der Waals surface area contributed by atoms with Gasteiger partial charge < -0.3 is 20.3 Å². The Balaban J connectivity index is 1.45. The van der Waals surface area contributed by atoms with Gasteiger partial charge in [0, 0.05) is 29.3 Å². The first-order valence-corrected chi connectivity index (χ1v) is 12.9. The van der Waals surface area contributed by atoms with Gasteiger partial charge in [-0.2, -0.15) is 0 Å². The van der Waals surface area contributed by atoms with Crippen molar-refractivity contribution < 1.29 is 19.4 Å². The van der Waals surface area contributed by atoms with Gasteiger partial charge in [0.15, 0.2) is 0 Å². The molecule has 0 aromatic heterocycles. The number of hydrogen-bond donors (Lipinski definition) is 2. The van der Waals surface area contributed by atoms with E-state index in [9.17, 15) is 9.90 Å². The lowest BCUT2D eigenvalue weighted by Crippen LogP contribution is -2.35. The van der Waals surface area contributed by atoms with Gasteiger partial charge in [0.2, 0.25) is 5.91 Å². The predicted octanol–water partition coefficient (Wildman–Crippen LogP) is 5.66. The number of ether oxygens (including phenoxy) is 2. The summed E-state index contributed by atoms with van der Waals surface area (Å²) in [6.45, 7) is 9.39.